The largest absolute Gasteiger partial charge is 0.397 e. The molecule has 0 aliphatic heterocycles. The maximum absolute atomic E-state index is 10.7. The number of hydrogen-bond donors (Lipinski definition) is 3. The van der Waals surface area contributed by atoms with E-state index in [-0.39, 0.29) is 17.8 Å². The van der Waals surface area contributed by atoms with Crippen molar-refractivity contribution in [3.05, 3.63) is 28.3 Å². The number of rotatable bonds is 4. The van der Waals surface area contributed by atoms with Gasteiger partial charge in [0.1, 0.15) is 0 Å². The van der Waals surface area contributed by atoms with E-state index in [0.29, 0.717) is 17.3 Å². The minimum atomic E-state index is -0.468. The highest BCUT2D eigenvalue weighted by Crippen LogP contribution is 2.36. The van der Waals surface area contributed by atoms with Crippen molar-refractivity contribution in [3.63, 3.8) is 0 Å². The molecule has 0 unspecified atom stereocenters. The third-order valence-electron chi connectivity index (χ3n) is 4.18. The molecule has 0 spiro atoms. The van der Waals surface area contributed by atoms with Crippen LogP contribution in [0.15, 0.2) is 18.2 Å². The molecule has 0 heterocycles. The summed E-state index contributed by atoms with van der Waals surface area (Å²) in [7, 11) is 0. The number of nitrogens with two attached hydrogens (primary N) is 1. The highest BCUT2D eigenvalue weighted by atomic mass is 16.6. The lowest BCUT2D eigenvalue weighted by atomic mass is 9.77. The van der Waals surface area contributed by atoms with E-state index in [1.54, 1.807) is 6.07 Å². The van der Waals surface area contributed by atoms with Gasteiger partial charge in [0, 0.05) is 12.1 Å². The van der Waals surface area contributed by atoms with E-state index in [1.807, 2.05) is 0 Å². The zero-order valence-corrected chi connectivity index (χ0v) is 11.6. The molecule has 1 aromatic rings. The molecular weight excluding hydrogens is 258 g/mol. The summed E-state index contributed by atoms with van der Waals surface area (Å²) in [5.74, 6) is 0.672. The number of nitrogen functional groups attached to an aromatic ring is 1. The fraction of sp³-hybridized carbons (Fsp3) is 0.571. The summed E-state index contributed by atoms with van der Waals surface area (Å²) in [6, 6.07) is 4.39. The smallest absolute Gasteiger partial charge is 0.271 e. The van der Waals surface area contributed by atoms with Crippen LogP contribution in [0, 0.1) is 16.0 Å². The summed E-state index contributed by atoms with van der Waals surface area (Å²) >= 11 is 0. The van der Waals surface area contributed by atoms with Gasteiger partial charge in [-0.05, 0) is 37.7 Å². The van der Waals surface area contributed by atoms with Gasteiger partial charge < -0.3 is 16.2 Å². The number of aliphatic hydroxyl groups excluding tert-OH is 1. The monoisotopic (exact) mass is 279 g/mol. The Labute approximate surface area is 118 Å². The van der Waals surface area contributed by atoms with Crippen LogP contribution >= 0.6 is 0 Å². The topological polar surface area (TPSA) is 101 Å². The van der Waals surface area contributed by atoms with Gasteiger partial charge in [0.05, 0.1) is 28.4 Å². The first-order valence-electron chi connectivity index (χ1n) is 6.89. The van der Waals surface area contributed by atoms with Gasteiger partial charge in [-0.2, -0.15) is 0 Å². The molecule has 4 N–H and O–H groups in total. The Morgan fingerprint density at radius 2 is 2.15 bits per heavy atom. The van der Waals surface area contributed by atoms with Gasteiger partial charge in [-0.25, -0.2) is 0 Å². The molecule has 1 aliphatic carbocycles. The highest BCUT2D eigenvalue weighted by Gasteiger charge is 2.34. The van der Waals surface area contributed by atoms with Crippen LogP contribution < -0.4 is 11.1 Å². The lowest BCUT2D eigenvalue weighted by Gasteiger charge is -2.39. The molecule has 0 radical (unpaired) electrons. The second-order valence-electron chi connectivity index (χ2n) is 5.77. The van der Waals surface area contributed by atoms with Crippen molar-refractivity contribution in [2.75, 3.05) is 17.7 Å². The average Bonchev–Trinajstić information content (AvgIpc) is 2.43. The molecule has 1 fully saturated rings. The first-order valence-corrected chi connectivity index (χ1v) is 6.89. The van der Waals surface area contributed by atoms with Crippen molar-refractivity contribution in [1.29, 1.82) is 0 Å². The summed E-state index contributed by atoms with van der Waals surface area (Å²) in [6.07, 6.45) is 3.86. The number of aliphatic hydroxyl groups is 1. The van der Waals surface area contributed by atoms with Gasteiger partial charge in [0.15, 0.2) is 0 Å². The summed E-state index contributed by atoms with van der Waals surface area (Å²) in [6.45, 7) is 2.25. The van der Waals surface area contributed by atoms with Crippen molar-refractivity contribution >= 4 is 17.1 Å². The minimum absolute atomic E-state index is 0.0247. The van der Waals surface area contributed by atoms with Crippen LogP contribution in [0.4, 0.5) is 17.1 Å². The number of benzene rings is 1. The van der Waals surface area contributed by atoms with Gasteiger partial charge in [-0.3, -0.25) is 10.1 Å². The van der Waals surface area contributed by atoms with Crippen molar-refractivity contribution in [1.82, 2.24) is 0 Å². The zero-order valence-electron chi connectivity index (χ0n) is 11.6. The van der Waals surface area contributed by atoms with E-state index >= 15 is 0 Å². The predicted octanol–water partition coefficient (Wildman–Crippen LogP) is 2.53. The molecule has 0 aromatic heterocycles. The molecule has 1 saturated carbocycles. The number of nitro groups is 1. The molecule has 1 aliphatic rings. The Morgan fingerprint density at radius 1 is 1.50 bits per heavy atom. The van der Waals surface area contributed by atoms with E-state index in [9.17, 15) is 15.2 Å². The molecule has 1 aromatic carbocycles. The zero-order chi connectivity index (χ0) is 14.8. The third kappa shape index (κ3) is 3.01. The fourth-order valence-electron chi connectivity index (χ4n) is 2.70. The second-order valence-corrected chi connectivity index (χ2v) is 5.77. The van der Waals surface area contributed by atoms with Crippen molar-refractivity contribution in [2.24, 2.45) is 5.92 Å². The van der Waals surface area contributed by atoms with Crippen LogP contribution in [-0.2, 0) is 0 Å². The molecular formula is C14H21N3O3. The van der Waals surface area contributed by atoms with Gasteiger partial charge in [0.25, 0.3) is 5.69 Å². The summed E-state index contributed by atoms with van der Waals surface area (Å²) in [5, 5.41) is 23.7. The quantitative estimate of drug-likeness (QED) is 0.446. The molecule has 110 valence electrons. The molecule has 6 nitrogen and oxygen atoms in total. The molecule has 0 atom stereocenters. The van der Waals surface area contributed by atoms with E-state index in [2.05, 4.69) is 12.2 Å². The molecule has 6 heteroatoms. The van der Waals surface area contributed by atoms with Gasteiger partial charge in [0.2, 0.25) is 0 Å². The summed E-state index contributed by atoms with van der Waals surface area (Å²) in [4.78, 5) is 10.2. The first kappa shape index (κ1) is 14.6. The van der Waals surface area contributed by atoms with Crippen LogP contribution in [0.2, 0.25) is 0 Å². The predicted molar refractivity (Wildman–Crippen MR) is 78.6 cm³/mol. The number of anilines is 2. The molecule has 0 saturated heterocycles. The van der Waals surface area contributed by atoms with Crippen LogP contribution in [0.1, 0.15) is 32.6 Å². The normalized spacial score (nSPS) is 26.2. The number of nitrogens with zero attached hydrogens (tertiary/aromatic N) is 1. The Kier molecular flexibility index (Phi) is 4.13. The van der Waals surface area contributed by atoms with Crippen LogP contribution in [0.25, 0.3) is 0 Å². The maximum atomic E-state index is 10.7. The summed E-state index contributed by atoms with van der Waals surface area (Å²) in [5.41, 5.74) is 6.47. The number of nitrogens with one attached hydrogen (secondary N) is 1. The SMILES string of the molecule is CC1CCC(CO)(Nc2ccc([N+](=O)[O-])cc2N)CC1. The van der Waals surface area contributed by atoms with E-state index < -0.39 is 4.92 Å². The Bertz CT molecular complexity index is 496. The van der Waals surface area contributed by atoms with Gasteiger partial charge >= 0.3 is 0 Å². The standard InChI is InChI=1S/C14H21N3O3/c1-10-4-6-14(9-18,7-5-10)16-13-3-2-11(17(19)20)8-12(13)15/h2-3,8,10,16,18H,4-7,9,15H2,1H3. The fourth-order valence-corrected chi connectivity index (χ4v) is 2.70. The van der Waals surface area contributed by atoms with Crippen molar-refractivity contribution in [2.45, 2.75) is 38.1 Å². The molecule has 0 bridgehead atoms. The Balaban J connectivity index is 2.17. The van der Waals surface area contributed by atoms with E-state index in [4.69, 9.17) is 5.73 Å². The Morgan fingerprint density at radius 3 is 2.65 bits per heavy atom. The second kappa shape index (κ2) is 5.66. The molecule has 2 rings (SSSR count). The number of non-ortho nitro benzene ring substituents is 1. The van der Waals surface area contributed by atoms with Crippen molar-refractivity contribution < 1.29 is 10.0 Å². The first-order chi connectivity index (χ1) is 9.46. The van der Waals surface area contributed by atoms with Gasteiger partial charge in [-0.15, -0.1) is 0 Å². The molecule has 0 amide bonds. The van der Waals surface area contributed by atoms with E-state index in [0.717, 1.165) is 25.7 Å². The van der Waals surface area contributed by atoms with Crippen molar-refractivity contribution in [3.8, 4) is 0 Å². The number of hydrogen-bond acceptors (Lipinski definition) is 5. The maximum Gasteiger partial charge on any atom is 0.271 e. The Hall–Kier alpha value is -1.82. The lowest BCUT2D eigenvalue weighted by Crippen LogP contribution is -2.45. The van der Waals surface area contributed by atoms with Gasteiger partial charge in [-0.1, -0.05) is 6.92 Å². The molecule has 20 heavy (non-hydrogen) atoms. The minimum Gasteiger partial charge on any atom is -0.397 e. The lowest BCUT2D eigenvalue weighted by molar-refractivity contribution is -0.384. The van der Waals surface area contributed by atoms with Crippen LogP contribution in [0.5, 0.6) is 0 Å². The highest BCUT2D eigenvalue weighted by molar-refractivity contribution is 5.70. The van der Waals surface area contributed by atoms with Crippen LogP contribution in [0.3, 0.4) is 0 Å². The number of nitro benzene ring substituents is 1. The van der Waals surface area contributed by atoms with E-state index in [1.165, 1.54) is 12.1 Å². The average molecular weight is 279 g/mol. The third-order valence-corrected chi connectivity index (χ3v) is 4.18. The van der Waals surface area contributed by atoms with Crippen LogP contribution in [-0.4, -0.2) is 22.2 Å². The summed E-state index contributed by atoms with van der Waals surface area (Å²) < 4.78 is 0.